The van der Waals surface area contributed by atoms with Gasteiger partial charge in [0.15, 0.2) is 0 Å². The smallest absolute Gasteiger partial charge is 0.303 e. The van der Waals surface area contributed by atoms with Crippen LogP contribution < -0.4 is 5.43 Å². The molecule has 2 heterocycles. The van der Waals surface area contributed by atoms with Gasteiger partial charge in [0.1, 0.15) is 5.75 Å². The predicted octanol–water partition coefficient (Wildman–Crippen LogP) is 5.33. The number of phenolic OH excluding ortho intramolecular Hbond substituents is 1. The van der Waals surface area contributed by atoms with Crippen molar-refractivity contribution in [3.8, 4) is 5.75 Å². The summed E-state index contributed by atoms with van der Waals surface area (Å²) in [6.07, 6.45) is 4.01. The van der Waals surface area contributed by atoms with E-state index in [4.69, 9.17) is 5.11 Å². The number of hydrogen-bond acceptors (Lipinski definition) is 7. The largest absolute Gasteiger partial charge is 0.508 e. The summed E-state index contributed by atoms with van der Waals surface area (Å²) in [6, 6.07) is 23.4. The number of carboxylic acids is 1. The second-order valence-electron chi connectivity index (χ2n) is 13.7. The summed E-state index contributed by atoms with van der Waals surface area (Å²) in [4.78, 5) is 69.9. The van der Waals surface area contributed by atoms with Crippen LogP contribution >= 0.6 is 0 Å². The van der Waals surface area contributed by atoms with Crippen molar-refractivity contribution in [3.05, 3.63) is 107 Å². The maximum absolute atomic E-state index is 15.1. The van der Waals surface area contributed by atoms with Gasteiger partial charge in [-0.3, -0.25) is 34.3 Å². The fourth-order valence-electron chi connectivity index (χ4n) is 8.83. The number of aryl methyl sites for hydroxylation is 1. The lowest BCUT2D eigenvalue weighted by Gasteiger charge is -2.50. The molecule has 0 aromatic heterocycles. The molecule has 3 aromatic rings. The van der Waals surface area contributed by atoms with Gasteiger partial charge in [-0.15, -0.1) is 0 Å². The second kappa shape index (κ2) is 12.7. The topological polar surface area (TPSA) is 144 Å². The van der Waals surface area contributed by atoms with E-state index in [0.717, 1.165) is 16.1 Å². The van der Waals surface area contributed by atoms with Gasteiger partial charge in [0.25, 0.3) is 11.8 Å². The Balaban J connectivity index is 1.33. The van der Waals surface area contributed by atoms with Crippen molar-refractivity contribution in [3.63, 3.8) is 0 Å². The summed E-state index contributed by atoms with van der Waals surface area (Å²) < 4.78 is 0. The Morgan fingerprint density at radius 2 is 1.57 bits per heavy atom. The van der Waals surface area contributed by atoms with Gasteiger partial charge in [-0.1, -0.05) is 84.3 Å². The van der Waals surface area contributed by atoms with Crippen molar-refractivity contribution in [2.24, 2.45) is 23.7 Å². The van der Waals surface area contributed by atoms with Gasteiger partial charge < -0.3 is 10.2 Å². The number of anilines is 1. The molecule has 10 heteroatoms. The number of allylic oxidation sites excluding steroid dienone is 2. The van der Waals surface area contributed by atoms with Gasteiger partial charge in [0.2, 0.25) is 11.8 Å². The molecule has 2 aliphatic carbocycles. The number of aliphatic carboxylic acids is 1. The van der Waals surface area contributed by atoms with Gasteiger partial charge in [0.05, 0.1) is 28.9 Å². The highest BCUT2D eigenvalue weighted by molar-refractivity contribution is 6.13. The number of nitrogens with one attached hydrogen (secondary N) is 1. The van der Waals surface area contributed by atoms with E-state index in [1.807, 2.05) is 55.5 Å². The van der Waals surface area contributed by atoms with E-state index in [1.165, 1.54) is 4.90 Å². The summed E-state index contributed by atoms with van der Waals surface area (Å²) >= 11 is 0. The zero-order chi connectivity index (χ0) is 34.4. The molecule has 3 N–H and O–H groups in total. The molecule has 49 heavy (non-hydrogen) atoms. The quantitative estimate of drug-likeness (QED) is 0.150. The van der Waals surface area contributed by atoms with Crippen LogP contribution in [0.4, 0.5) is 5.69 Å². The monoisotopic (exact) mass is 661 g/mol. The van der Waals surface area contributed by atoms with Crippen LogP contribution in [0.3, 0.4) is 0 Å². The standard InChI is InChI=1S/C39H39N3O7/c1-23-15-17-25(18-16-23)40-42-36(47)30-22-29-26(19-20-28-33(29)37(48)41(35(28)46)21-9-3-6-14-32(44)45)34(27-12-7-8-13-31(27)43)39(30,38(42)49)24-10-4-2-5-11-24/h2,4-5,7-8,10-13,15-19,28-30,33-34,40,43H,3,6,9,14,20-22H2,1H3,(H,44,45). The molecule has 252 valence electrons. The van der Waals surface area contributed by atoms with Crippen LogP contribution in [0.25, 0.3) is 0 Å². The van der Waals surface area contributed by atoms with Crippen molar-refractivity contribution >= 4 is 35.3 Å². The van der Waals surface area contributed by atoms with Crippen molar-refractivity contribution in [2.75, 3.05) is 12.0 Å². The van der Waals surface area contributed by atoms with E-state index in [-0.39, 0.29) is 37.0 Å². The van der Waals surface area contributed by atoms with E-state index >= 15 is 4.79 Å². The van der Waals surface area contributed by atoms with E-state index in [2.05, 4.69) is 5.43 Å². The Labute approximate surface area is 284 Å². The molecule has 6 unspecified atom stereocenters. The van der Waals surface area contributed by atoms with Crippen molar-refractivity contribution < 1.29 is 34.2 Å². The van der Waals surface area contributed by atoms with Crippen LogP contribution in [0, 0.1) is 30.6 Å². The molecule has 10 nitrogen and oxygen atoms in total. The van der Waals surface area contributed by atoms with Gasteiger partial charge >= 0.3 is 5.97 Å². The van der Waals surface area contributed by atoms with Crippen LogP contribution in [-0.4, -0.2) is 56.3 Å². The molecule has 0 spiro atoms. The SMILES string of the molecule is Cc1ccc(NN2C(=O)C3CC4C(=CCC5C(=O)N(CCCCCC(=O)O)C(=O)C54)C(c4ccccc4O)C3(c3ccccc3)C2=O)cc1. The number of hydrazine groups is 1. The highest BCUT2D eigenvalue weighted by Crippen LogP contribution is 2.64. The first-order chi connectivity index (χ1) is 23.6. The average Bonchev–Trinajstić information content (AvgIpc) is 3.47. The maximum Gasteiger partial charge on any atom is 0.303 e. The number of fused-ring (bicyclic) bond motifs is 4. The molecule has 0 radical (unpaired) electrons. The van der Waals surface area contributed by atoms with E-state index in [0.29, 0.717) is 42.5 Å². The fourth-order valence-corrected chi connectivity index (χ4v) is 8.83. The Morgan fingerprint density at radius 1 is 0.857 bits per heavy atom. The number of benzene rings is 3. The highest BCUT2D eigenvalue weighted by Gasteiger charge is 2.70. The zero-order valence-electron chi connectivity index (χ0n) is 27.2. The minimum absolute atomic E-state index is 0.0211. The lowest BCUT2D eigenvalue weighted by atomic mass is 9.49. The maximum atomic E-state index is 15.1. The zero-order valence-corrected chi connectivity index (χ0v) is 27.2. The molecule has 0 bridgehead atoms. The first kappa shape index (κ1) is 32.3. The van der Waals surface area contributed by atoms with Crippen molar-refractivity contribution in [2.45, 2.75) is 56.8 Å². The Bertz CT molecular complexity index is 1860. The first-order valence-corrected chi connectivity index (χ1v) is 17.0. The third-order valence-corrected chi connectivity index (χ3v) is 11.0. The number of unbranched alkanes of at least 4 members (excludes halogenated alkanes) is 2. The number of amides is 4. The number of rotatable bonds is 10. The second-order valence-corrected chi connectivity index (χ2v) is 13.7. The third-order valence-electron chi connectivity index (χ3n) is 11.0. The van der Waals surface area contributed by atoms with E-state index in [1.54, 1.807) is 36.4 Å². The number of likely N-dealkylation sites (tertiary alicyclic amines) is 1. The summed E-state index contributed by atoms with van der Waals surface area (Å²) in [5.74, 6) is -5.84. The molecule has 2 saturated heterocycles. The van der Waals surface area contributed by atoms with Gasteiger partial charge in [-0.2, -0.15) is 5.01 Å². The number of imide groups is 2. The molecule has 4 amide bonds. The molecule has 6 atom stereocenters. The number of para-hydroxylation sites is 1. The van der Waals surface area contributed by atoms with Crippen molar-refractivity contribution in [1.29, 1.82) is 0 Å². The Kier molecular flexibility index (Phi) is 8.34. The van der Waals surface area contributed by atoms with E-state index in [9.17, 15) is 24.3 Å². The number of carbonyl (C=O) groups excluding carboxylic acids is 4. The molecule has 7 rings (SSSR count). The molecule has 3 fully saturated rings. The number of phenols is 1. The summed E-state index contributed by atoms with van der Waals surface area (Å²) in [6.45, 7) is 2.16. The summed E-state index contributed by atoms with van der Waals surface area (Å²) in [5, 5.41) is 21.5. The molecular weight excluding hydrogens is 622 g/mol. The fraction of sp³-hybridized carbons (Fsp3) is 0.359. The van der Waals surface area contributed by atoms with Gasteiger partial charge in [-0.25, -0.2) is 0 Å². The van der Waals surface area contributed by atoms with Crippen LogP contribution in [-0.2, 0) is 29.4 Å². The number of carbonyl (C=O) groups is 5. The van der Waals surface area contributed by atoms with Crippen LogP contribution in [0.2, 0.25) is 0 Å². The molecule has 2 aliphatic heterocycles. The molecule has 1 saturated carbocycles. The Morgan fingerprint density at radius 3 is 2.29 bits per heavy atom. The molecule has 4 aliphatic rings. The number of nitrogens with zero attached hydrogens (tertiary/aromatic N) is 2. The first-order valence-electron chi connectivity index (χ1n) is 17.0. The molecular formula is C39H39N3O7. The lowest BCUT2D eigenvalue weighted by molar-refractivity contribution is -0.141. The molecule has 3 aromatic carbocycles. The predicted molar refractivity (Wildman–Crippen MR) is 180 cm³/mol. The minimum Gasteiger partial charge on any atom is -0.508 e. The highest BCUT2D eigenvalue weighted by atomic mass is 16.4. The van der Waals surface area contributed by atoms with Crippen LogP contribution in [0.15, 0.2) is 90.5 Å². The summed E-state index contributed by atoms with van der Waals surface area (Å²) in [7, 11) is 0. The minimum atomic E-state index is -1.44. The number of aromatic hydroxyl groups is 1. The normalized spacial score (nSPS) is 27.4. The van der Waals surface area contributed by atoms with Gasteiger partial charge in [-0.05, 0) is 62.3 Å². The number of carboxylic acid groups (broad SMARTS) is 1. The van der Waals surface area contributed by atoms with Gasteiger partial charge in [0, 0.05) is 24.4 Å². The van der Waals surface area contributed by atoms with Crippen LogP contribution in [0.5, 0.6) is 5.75 Å². The third kappa shape index (κ3) is 5.21. The Hall–Kier alpha value is -5.25. The average molecular weight is 662 g/mol. The van der Waals surface area contributed by atoms with Crippen molar-refractivity contribution in [1.82, 2.24) is 9.91 Å². The number of hydrogen-bond donors (Lipinski definition) is 3. The van der Waals surface area contributed by atoms with E-state index < -0.39 is 52.8 Å². The lowest BCUT2D eigenvalue weighted by Crippen LogP contribution is -2.53. The summed E-state index contributed by atoms with van der Waals surface area (Å²) in [5.41, 5.74) is 5.13. The van der Waals surface area contributed by atoms with Crippen LogP contribution in [0.1, 0.15) is 61.1 Å².